The van der Waals surface area contributed by atoms with Gasteiger partial charge in [-0.15, -0.1) is 0 Å². The van der Waals surface area contributed by atoms with E-state index in [1.54, 1.807) is 0 Å². The first-order valence-electron chi connectivity index (χ1n) is 6.38. The molecule has 0 aromatic rings. The normalized spacial score (nSPS) is 22.5. The van der Waals surface area contributed by atoms with E-state index < -0.39 is 0 Å². The van der Waals surface area contributed by atoms with Gasteiger partial charge in [0.1, 0.15) is 0 Å². The van der Waals surface area contributed by atoms with Crippen LogP contribution in [0.4, 0.5) is 0 Å². The molecule has 0 bridgehead atoms. The third kappa shape index (κ3) is 3.69. The predicted molar refractivity (Wildman–Crippen MR) is 70.6 cm³/mol. The summed E-state index contributed by atoms with van der Waals surface area (Å²) in [5.74, 6) is 0.694. The molecule has 0 heterocycles. The van der Waals surface area contributed by atoms with Crippen LogP contribution in [0.5, 0.6) is 0 Å². The van der Waals surface area contributed by atoms with Gasteiger partial charge in [0.2, 0.25) is 0 Å². The summed E-state index contributed by atoms with van der Waals surface area (Å²) in [5, 5.41) is 0. The number of nitrogens with zero attached hydrogens (tertiary/aromatic N) is 2. The summed E-state index contributed by atoms with van der Waals surface area (Å²) in [6, 6.07) is 0.859. The lowest BCUT2D eigenvalue weighted by atomic mass is 9.75. The maximum Gasteiger partial charge on any atom is 0.191 e. The van der Waals surface area contributed by atoms with E-state index in [0.717, 1.165) is 0 Å². The van der Waals surface area contributed by atoms with Gasteiger partial charge in [0.25, 0.3) is 0 Å². The summed E-state index contributed by atoms with van der Waals surface area (Å²) in [5.41, 5.74) is 6.51. The highest BCUT2D eigenvalue weighted by atomic mass is 15.3. The van der Waals surface area contributed by atoms with Crippen molar-refractivity contribution < 1.29 is 0 Å². The average Bonchev–Trinajstić information content (AvgIpc) is 2.15. The minimum atomic E-state index is 0.280. The third-order valence-corrected chi connectivity index (χ3v) is 3.61. The van der Waals surface area contributed by atoms with E-state index in [-0.39, 0.29) is 6.04 Å². The molecule has 0 saturated heterocycles. The van der Waals surface area contributed by atoms with E-state index in [1.165, 1.54) is 25.7 Å². The van der Waals surface area contributed by atoms with Crippen LogP contribution in [0.2, 0.25) is 0 Å². The van der Waals surface area contributed by atoms with Crippen molar-refractivity contribution in [3.05, 3.63) is 0 Å². The molecule has 0 unspecified atom stereocenters. The Morgan fingerprint density at radius 1 is 1.31 bits per heavy atom. The zero-order valence-corrected chi connectivity index (χ0v) is 11.5. The second-order valence-corrected chi connectivity index (χ2v) is 6.09. The molecule has 0 atom stereocenters. The first-order valence-corrected chi connectivity index (χ1v) is 6.38. The molecule has 0 radical (unpaired) electrons. The minimum absolute atomic E-state index is 0.280. The van der Waals surface area contributed by atoms with Crippen LogP contribution in [0.25, 0.3) is 0 Å². The molecule has 1 rings (SSSR count). The molecule has 2 N–H and O–H groups in total. The fourth-order valence-electron chi connectivity index (χ4n) is 2.31. The molecule has 0 aromatic heterocycles. The highest BCUT2D eigenvalue weighted by molar-refractivity contribution is 5.78. The topological polar surface area (TPSA) is 41.6 Å². The van der Waals surface area contributed by atoms with Crippen LogP contribution in [-0.2, 0) is 0 Å². The Kier molecular flexibility index (Phi) is 4.22. The second kappa shape index (κ2) is 5.07. The first kappa shape index (κ1) is 13.3. The molecular weight excluding hydrogens is 198 g/mol. The molecule has 0 amide bonds. The van der Waals surface area contributed by atoms with Crippen molar-refractivity contribution in [3.63, 3.8) is 0 Å². The number of guanidine groups is 1. The summed E-state index contributed by atoms with van der Waals surface area (Å²) < 4.78 is 0. The first-order chi connectivity index (χ1) is 7.32. The molecule has 0 spiro atoms. The van der Waals surface area contributed by atoms with Crippen molar-refractivity contribution >= 4 is 5.96 Å². The van der Waals surface area contributed by atoms with Crippen LogP contribution >= 0.6 is 0 Å². The molecular formula is C13H27N3. The van der Waals surface area contributed by atoms with Gasteiger partial charge in [0.05, 0.1) is 0 Å². The lowest BCUT2D eigenvalue weighted by Gasteiger charge is -2.39. The molecule has 0 aromatic carbocycles. The third-order valence-electron chi connectivity index (χ3n) is 3.61. The number of aliphatic imine (C=N–C) groups is 1. The van der Waals surface area contributed by atoms with Crippen LogP contribution in [0.3, 0.4) is 0 Å². The van der Waals surface area contributed by atoms with E-state index in [4.69, 9.17) is 5.73 Å². The number of hydrogen-bond donors (Lipinski definition) is 1. The van der Waals surface area contributed by atoms with E-state index in [2.05, 4.69) is 44.6 Å². The highest BCUT2D eigenvalue weighted by Crippen LogP contribution is 2.36. The second-order valence-electron chi connectivity index (χ2n) is 6.09. The molecule has 94 valence electrons. The van der Waals surface area contributed by atoms with Gasteiger partial charge in [-0.05, 0) is 44.9 Å². The summed E-state index contributed by atoms with van der Waals surface area (Å²) in [6.07, 6.45) is 5.05. The Hall–Kier alpha value is -0.730. The molecule has 1 fully saturated rings. The summed E-state index contributed by atoms with van der Waals surface area (Å²) in [4.78, 5) is 6.57. The predicted octanol–water partition coefficient (Wildman–Crippen LogP) is 2.61. The average molecular weight is 225 g/mol. The number of rotatable bonds is 2. The minimum Gasteiger partial charge on any atom is -0.370 e. The lowest BCUT2D eigenvalue weighted by molar-refractivity contribution is 0.168. The Morgan fingerprint density at radius 2 is 1.81 bits per heavy atom. The largest absolute Gasteiger partial charge is 0.370 e. The maximum absolute atomic E-state index is 5.99. The Labute approximate surface area is 100 Å². The molecule has 0 aliphatic heterocycles. The molecule has 1 aliphatic rings. The van der Waals surface area contributed by atoms with Crippen LogP contribution in [0, 0.1) is 5.41 Å². The van der Waals surface area contributed by atoms with Gasteiger partial charge in [-0.25, -0.2) is 0 Å². The lowest BCUT2D eigenvalue weighted by Crippen LogP contribution is -2.44. The number of nitrogens with two attached hydrogens (primary N) is 1. The fraction of sp³-hybridized carbons (Fsp3) is 0.923. The molecule has 1 aliphatic carbocycles. The molecule has 3 heteroatoms. The summed E-state index contributed by atoms with van der Waals surface area (Å²) >= 11 is 0. The quantitative estimate of drug-likeness (QED) is 0.580. The molecule has 1 saturated carbocycles. The fourth-order valence-corrected chi connectivity index (χ4v) is 2.31. The number of hydrogen-bond acceptors (Lipinski definition) is 1. The van der Waals surface area contributed by atoms with Crippen LogP contribution in [-0.4, -0.2) is 30.0 Å². The Bertz CT molecular complexity index is 246. The Morgan fingerprint density at radius 3 is 2.25 bits per heavy atom. The monoisotopic (exact) mass is 225 g/mol. The van der Waals surface area contributed by atoms with Crippen LogP contribution in [0.15, 0.2) is 4.99 Å². The Balaban J connectivity index is 2.53. The van der Waals surface area contributed by atoms with Gasteiger partial charge in [-0.2, -0.15) is 0 Å². The van der Waals surface area contributed by atoms with Gasteiger partial charge in [-0.3, -0.25) is 4.99 Å². The summed E-state index contributed by atoms with van der Waals surface area (Å²) in [6.45, 7) is 8.83. The van der Waals surface area contributed by atoms with Gasteiger partial charge in [0, 0.05) is 19.1 Å². The van der Waals surface area contributed by atoms with Crippen molar-refractivity contribution in [2.24, 2.45) is 16.1 Å². The van der Waals surface area contributed by atoms with E-state index in [1.807, 2.05) is 0 Å². The standard InChI is InChI=1S/C13H27N3/c1-10(2)15-12(14)16(5)11-6-8-13(3,4)9-7-11/h10-11H,6-9H2,1-5H3,(H2,14,15). The van der Waals surface area contributed by atoms with Crippen molar-refractivity contribution in [3.8, 4) is 0 Å². The SMILES string of the molecule is CC(C)N=C(N)N(C)C1CCC(C)(C)CC1. The zero-order valence-electron chi connectivity index (χ0n) is 11.5. The molecule has 3 nitrogen and oxygen atoms in total. The highest BCUT2D eigenvalue weighted by Gasteiger charge is 2.29. The van der Waals surface area contributed by atoms with Crippen LogP contribution < -0.4 is 5.73 Å². The van der Waals surface area contributed by atoms with E-state index in [9.17, 15) is 0 Å². The van der Waals surface area contributed by atoms with Crippen molar-refractivity contribution in [1.82, 2.24) is 4.90 Å². The van der Waals surface area contributed by atoms with Crippen molar-refractivity contribution in [2.45, 2.75) is 65.5 Å². The van der Waals surface area contributed by atoms with Gasteiger partial charge in [0.15, 0.2) is 5.96 Å². The van der Waals surface area contributed by atoms with Gasteiger partial charge < -0.3 is 10.6 Å². The van der Waals surface area contributed by atoms with Crippen molar-refractivity contribution in [2.75, 3.05) is 7.05 Å². The smallest absolute Gasteiger partial charge is 0.191 e. The van der Waals surface area contributed by atoms with Crippen molar-refractivity contribution in [1.29, 1.82) is 0 Å². The summed E-state index contributed by atoms with van der Waals surface area (Å²) in [7, 11) is 2.07. The zero-order chi connectivity index (χ0) is 12.3. The van der Waals surface area contributed by atoms with Crippen LogP contribution in [0.1, 0.15) is 53.4 Å². The van der Waals surface area contributed by atoms with E-state index >= 15 is 0 Å². The maximum atomic E-state index is 5.99. The molecule has 16 heavy (non-hydrogen) atoms. The van der Waals surface area contributed by atoms with E-state index in [0.29, 0.717) is 17.4 Å². The van der Waals surface area contributed by atoms with Gasteiger partial charge >= 0.3 is 0 Å². The van der Waals surface area contributed by atoms with Gasteiger partial charge in [-0.1, -0.05) is 13.8 Å².